The Hall–Kier alpha value is -1.22. The van der Waals surface area contributed by atoms with E-state index in [4.69, 9.17) is 15.2 Å². The van der Waals surface area contributed by atoms with Gasteiger partial charge in [0.2, 0.25) is 0 Å². The average molecular weight is 205 g/mol. The van der Waals surface area contributed by atoms with Crippen molar-refractivity contribution in [1.82, 2.24) is 0 Å². The van der Waals surface area contributed by atoms with Crippen LogP contribution in [0.2, 0.25) is 0 Å². The quantitative estimate of drug-likeness (QED) is 0.754. The van der Waals surface area contributed by atoms with Crippen LogP contribution in [0.3, 0.4) is 0 Å². The monoisotopic (exact) mass is 205 g/mol. The van der Waals surface area contributed by atoms with E-state index < -0.39 is 0 Å². The highest BCUT2D eigenvalue weighted by molar-refractivity contribution is 5.51. The molecule has 0 unspecified atom stereocenters. The molecule has 1 aromatic rings. The van der Waals surface area contributed by atoms with Gasteiger partial charge >= 0.3 is 0 Å². The molecule has 1 saturated carbocycles. The minimum Gasteiger partial charge on any atom is -0.497 e. The third-order valence-corrected chi connectivity index (χ3v) is 3.66. The molecule has 1 aliphatic carbocycles. The van der Waals surface area contributed by atoms with E-state index in [0.29, 0.717) is 6.04 Å². The van der Waals surface area contributed by atoms with Gasteiger partial charge in [-0.05, 0) is 31.0 Å². The van der Waals surface area contributed by atoms with Crippen LogP contribution in [-0.2, 0) is 5.41 Å². The Labute approximate surface area is 89.2 Å². The summed E-state index contributed by atoms with van der Waals surface area (Å²) in [6, 6.07) is 6.29. The molecule has 3 nitrogen and oxygen atoms in total. The molecule has 0 aromatic heterocycles. The molecule has 1 heterocycles. The van der Waals surface area contributed by atoms with Crippen LogP contribution >= 0.6 is 0 Å². The molecule has 2 aliphatic rings. The molecule has 2 N–H and O–H groups in total. The molecule has 0 radical (unpaired) electrons. The highest BCUT2D eigenvalue weighted by atomic mass is 16.5. The number of hydrogen-bond acceptors (Lipinski definition) is 3. The summed E-state index contributed by atoms with van der Waals surface area (Å²) >= 11 is 0. The molecule has 80 valence electrons. The summed E-state index contributed by atoms with van der Waals surface area (Å²) < 4.78 is 10.9. The summed E-state index contributed by atoms with van der Waals surface area (Å²) in [6.07, 6.45) is 2.12. The number of ether oxygens (including phenoxy) is 2. The Bertz CT molecular complexity index is 405. The lowest BCUT2D eigenvalue weighted by atomic mass is 9.89. The van der Waals surface area contributed by atoms with Crippen molar-refractivity contribution < 1.29 is 9.47 Å². The van der Waals surface area contributed by atoms with Crippen LogP contribution in [-0.4, -0.2) is 19.8 Å². The van der Waals surface area contributed by atoms with Crippen LogP contribution in [0.15, 0.2) is 18.2 Å². The van der Waals surface area contributed by atoms with E-state index in [0.717, 1.165) is 30.9 Å². The standard InChI is InChI=1S/C12H15NO2/c1-14-8-2-3-10-9(6-8)12(4-5-15-10)7-11(12)13/h2-3,6,11H,4-5,7,13H2,1H3/t11-,12-/m0/s1. The third kappa shape index (κ3) is 1.16. The van der Waals surface area contributed by atoms with Gasteiger partial charge in [0.05, 0.1) is 13.7 Å². The maximum Gasteiger partial charge on any atom is 0.123 e. The first-order valence-corrected chi connectivity index (χ1v) is 5.33. The largest absolute Gasteiger partial charge is 0.497 e. The highest BCUT2D eigenvalue weighted by Gasteiger charge is 2.55. The second-order valence-corrected chi connectivity index (χ2v) is 4.43. The van der Waals surface area contributed by atoms with Gasteiger partial charge in [0.25, 0.3) is 0 Å². The number of nitrogens with two attached hydrogens (primary N) is 1. The first-order chi connectivity index (χ1) is 7.26. The minimum absolute atomic E-state index is 0.183. The van der Waals surface area contributed by atoms with Gasteiger partial charge < -0.3 is 15.2 Å². The van der Waals surface area contributed by atoms with Gasteiger partial charge in [0.1, 0.15) is 11.5 Å². The van der Waals surface area contributed by atoms with Crippen molar-refractivity contribution in [2.75, 3.05) is 13.7 Å². The number of hydrogen-bond donors (Lipinski definition) is 1. The van der Waals surface area contributed by atoms with E-state index in [2.05, 4.69) is 6.07 Å². The van der Waals surface area contributed by atoms with Crippen molar-refractivity contribution in [3.63, 3.8) is 0 Å². The summed E-state index contributed by atoms with van der Waals surface area (Å²) in [7, 11) is 1.69. The lowest BCUT2D eigenvalue weighted by Crippen LogP contribution is -2.26. The molecule has 0 amide bonds. The summed E-state index contributed by atoms with van der Waals surface area (Å²) in [5, 5.41) is 0. The summed E-state index contributed by atoms with van der Waals surface area (Å²) in [5.41, 5.74) is 7.46. The summed E-state index contributed by atoms with van der Waals surface area (Å²) in [4.78, 5) is 0. The fourth-order valence-corrected chi connectivity index (χ4v) is 2.56. The molecule has 3 heteroatoms. The fraction of sp³-hybridized carbons (Fsp3) is 0.500. The van der Waals surface area contributed by atoms with Crippen LogP contribution in [0.4, 0.5) is 0 Å². The van der Waals surface area contributed by atoms with Gasteiger partial charge in [-0.2, -0.15) is 0 Å². The Kier molecular flexibility index (Phi) is 1.74. The Morgan fingerprint density at radius 3 is 3.00 bits per heavy atom. The van der Waals surface area contributed by atoms with Gasteiger partial charge in [-0.1, -0.05) is 0 Å². The van der Waals surface area contributed by atoms with Crippen molar-refractivity contribution in [3.8, 4) is 11.5 Å². The molecular weight excluding hydrogens is 190 g/mol. The number of benzene rings is 1. The molecule has 15 heavy (non-hydrogen) atoms. The van der Waals surface area contributed by atoms with Crippen molar-refractivity contribution in [1.29, 1.82) is 0 Å². The first-order valence-electron chi connectivity index (χ1n) is 5.33. The third-order valence-electron chi connectivity index (χ3n) is 3.66. The summed E-state index contributed by atoms with van der Waals surface area (Å²) in [5.74, 6) is 1.87. The van der Waals surface area contributed by atoms with Crippen LogP contribution in [0.25, 0.3) is 0 Å². The first kappa shape index (κ1) is 9.04. The molecule has 1 fully saturated rings. The Morgan fingerprint density at radius 2 is 2.33 bits per heavy atom. The van der Waals surface area contributed by atoms with E-state index in [1.54, 1.807) is 7.11 Å². The molecular formula is C12H15NO2. The van der Waals surface area contributed by atoms with Crippen molar-refractivity contribution in [2.45, 2.75) is 24.3 Å². The van der Waals surface area contributed by atoms with E-state index in [-0.39, 0.29) is 5.41 Å². The molecule has 0 saturated heterocycles. The fourth-order valence-electron chi connectivity index (χ4n) is 2.56. The molecule has 0 bridgehead atoms. The maximum atomic E-state index is 6.04. The maximum absolute atomic E-state index is 6.04. The topological polar surface area (TPSA) is 44.5 Å². The number of fused-ring (bicyclic) bond motifs is 2. The van der Waals surface area contributed by atoms with Gasteiger partial charge in [0.15, 0.2) is 0 Å². The normalized spacial score (nSPS) is 32.0. The van der Waals surface area contributed by atoms with Gasteiger partial charge in [-0.15, -0.1) is 0 Å². The second-order valence-electron chi connectivity index (χ2n) is 4.43. The zero-order valence-corrected chi connectivity index (χ0v) is 8.82. The van der Waals surface area contributed by atoms with Gasteiger partial charge in [-0.25, -0.2) is 0 Å². The van der Waals surface area contributed by atoms with Crippen LogP contribution in [0, 0.1) is 0 Å². The Morgan fingerprint density at radius 1 is 1.53 bits per heavy atom. The zero-order chi connectivity index (χ0) is 10.5. The van der Waals surface area contributed by atoms with Crippen molar-refractivity contribution in [3.05, 3.63) is 23.8 Å². The smallest absolute Gasteiger partial charge is 0.123 e. The number of rotatable bonds is 1. The van der Waals surface area contributed by atoms with Crippen molar-refractivity contribution in [2.24, 2.45) is 5.73 Å². The minimum atomic E-state index is 0.183. The Balaban J connectivity index is 2.09. The van der Waals surface area contributed by atoms with Crippen molar-refractivity contribution >= 4 is 0 Å². The van der Waals surface area contributed by atoms with E-state index in [9.17, 15) is 0 Å². The highest BCUT2D eigenvalue weighted by Crippen LogP contribution is 2.55. The van der Waals surface area contributed by atoms with Crippen LogP contribution < -0.4 is 15.2 Å². The zero-order valence-electron chi connectivity index (χ0n) is 8.82. The van der Waals surface area contributed by atoms with E-state index in [1.165, 1.54) is 5.56 Å². The predicted molar refractivity (Wildman–Crippen MR) is 57.4 cm³/mol. The van der Waals surface area contributed by atoms with Gasteiger partial charge in [0, 0.05) is 17.0 Å². The molecule has 1 spiro atoms. The average Bonchev–Trinajstić information content (AvgIpc) is 2.90. The lowest BCUT2D eigenvalue weighted by Gasteiger charge is -2.26. The van der Waals surface area contributed by atoms with Gasteiger partial charge in [-0.3, -0.25) is 0 Å². The van der Waals surface area contributed by atoms with E-state index in [1.807, 2.05) is 12.1 Å². The van der Waals surface area contributed by atoms with Crippen LogP contribution in [0.1, 0.15) is 18.4 Å². The second kappa shape index (κ2) is 2.89. The van der Waals surface area contributed by atoms with Crippen LogP contribution in [0.5, 0.6) is 11.5 Å². The molecule has 2 atom stereocenters. The SMILES string of the molecule is COc1ccc2c(c1)[C@]1(CCO2)C[C@@H]1N. The lowest BCUT2D eigenvalue weighted by molar-refractivity contribution is 0.257. The molecule has 1 aliphatic heterocycles. The molecule has 1 aromatic carbocycles. The van der Waals surface area contributed by atoms with E-state index >= 15 is 0 Å². The summed E-state index contributed by atoms with van der Waals surface area (Å²) in [6.45, 7) is 0.785. The predicted octanol–water partition coefficient (Wildman–Crippen LogP) is 1.45. The molecule has 3 rings (SSSR count). The number of methoxy groups -OCH3 is 1.